The number of aliphatic hydroxyl groups excluding tert-OH is 1. The Morgan fingerprint density at radius 3 is 2.18 bits per heavy atom. The van der Waals surface area contributed by atoms with Crippen LogP contribution in [0.5, 0.6) is 0 Å². The van der Waals surface area contributed by atoms with Crippen LogP contribution >= 0.6 is 0 Å². The lowest BCUT2D eigenvalue weighted by Gasteiger charge is -2.53. The van der Waals surface area contributed by atoms with Crippen LogP contribution in [-0.4, -0.2) is 40.4 Å². The summed E-state index contributed by atoms with van der Waals surface area (Å²) < 4.78 is 12.7. The summed E-state index contributed by atoms with van der Waals surface area (Å²) in [6.45, 7) is 2.60. The summed E-state index contributed by atoms with van der Waals surface area (Å²) in [5.41, 5.74) is 1.38. The maximum absolute atomic E-state index is 12.1. The number of carbonyl (C=O) groups excluding carboxylic acids is 1. The summed E-state index contributed by atoms with van der Waals surface area (Å²) in [6.07, 6.45) is 3.03. The highest BCUT2D eigenvalue weighted by molar-refractivity contribution is 5.57. The Hall–Kier alpha value is -2.31. The summed E-state index contributed by atoms with van der Waals surface area (Å²) >= 11 is 0. The van der Waals surface area contributed by atoms with Crippen LogP contribution in [0.25, 0.3) is 0 Å². The van der Waals surface area contributed by atoms with Gasteiger partial charge in [0.25, 0.3) is 0 Å². The van der Waals surface area contributed by atoms with Crippen LogP contribution in [0.3, 0.4) is 0 Å². The van der Waals surface area contributed by atoms with Gasteiger partial charge in [0.1, 0.15) is 24.1 Å². The van der Waals surface area contributed by atoms with Gasteiger partial charge in [0.15, 0.2) is 0 Å². The number of aldehydes is 1. The van der Waals surface area contributed by atoms with Gasteiger partial charge in [-0.2, -0.15) is 0 Å². The monoisotopic (exact) mass is 450 g/mol. The molecule has 1 fully saturated rings. The van der Waals surface area contributed by atoms with Gasteiger partial charge in [-0.1, -0.05) is 80.1 Å². The van der Waals surface area contributed by atoms with E-state index in [0.29, 0.717) is 25.9 Å². The number of hydrogen-bond donors (Lipinski definition) is 2. The van der Waals surface area contributed by atoms with E-state index in [2.05, 4.69) is 0 Å². The first-order valence-corrected chi connectivity index (χ1v) is 12.0. The Balaban J connectivity index is 1.69. The van der Waals surface area contributed by atoms with Crippen LogP contribution in [0.15, 0.2) is 72.3 Å². The second-order valence-electron chi connectivity index (χ2n) is 9.21. The molecule has 0 aromatic heterocycles. The van der Waals surface area contributed by atoms with Crippen molar-refractivity contribution < 1.29 is 24.5 Å². The van der Waals surface area contributed by atoms with Gasteiger partial charge >= 0.3 is 0 Å². The summed E-state index contributed by atoms with van der Waals surface area (Å²) in [6, 6.07) is 19.6. The van der Waals surface area contributed by atoms with Gasteiger partial charge in [-0.3, -0.25) is 0 Å². The van der Waals surface area contributed by atoms with Crippen LogP contribution in [0, 0.1) is 11.8 Å². The molecule has 33 heavy (non-hydrogen) atoms. The third-order valence-corrected chi connectivity index (χ3v) is 7.02. The molecule has 5 heteroatoms. The van der Waals surface area contributed by atoms with Crippen LogP contribution < -0.4 is 0 Å². The molecule has 0 unspecified atom stereocenters. The minimum atomic E-state index is -1.31. The first-order valence-electron chi connectivity index (χ1n) is 12.0. The minimum absolute atomic E-state index is 0.285. The molecule has 0 spiro atoms. The van der Waals surface area contributed by atoms with Crippen LogP contribution in [0.4, 0.5) is 0 Å². The molecule has 176 valence electrons. The zero-order chi connectivity index (χ0) is 23.3. The fourth-order valence-electron chi connectivity index (χ4n) is 5.47. The first kappa shape index (κ1) is 23.8. The quantitative estimate of drug-likeness (QED) is 0.442. The van der Waals surface area contributed by atoms with Crippen molar-refractivity contribution in [1.29, 1.82) is 0 Å². The maximum atomic E-state index is 12.1. The summed E-state index contributed by atoms with van der Waals surface area (Å²) in [7, 11) is 0. The lowest BCUT2D eigenvalue weighted by molar-refractivity contribution is -0.224. The third kappa shape index (κ3) is 4.97. The number of fused-ring (bicyclic) bond motifs is 1. The Morgan fingerprint density at radius 2 is 1.61 bits per heavy atom. The van der Waals surface area contributed by atoms with E-state index in [1.807, 2.05) is 73.7 Å². The lowest BCUT2D eigenvalue weighted by atomic mass is 9.60. The molecule has 6 atom stereocenters. The topological polar surface area (TPSA) is 76.0 Å². The zero-order valence-corrected chi connectivity index (χ0v) is 19.2. The van der Waals surface area contributed by atoms with Gasteiger partial charge in [0, 0.05) is 11.8 Å². The molecule has 1 saturated carbocycles. The number of benzene rings is 2. The SMILES string of the molecule is CCC[C@]1(O)C2=CCC[C@@H](C=O)[C@H]2[C@@H](O)[C@H](OCc2ccccc2)[C@H]1OCc1ccccc1. The average Bonchev–Trinajstić information content (AvgIpc) is 2.85. The van der Waals surface area contributed by atoms with Crippen molar-refractivity contribution in [2.75, 3.05) is 0 Å². The summed E-state index contributed by atoms with van der Waals surface area (Å²) in [4.78, 5) is 11.9. The number of rotatable bonds is 9. The van der Waals surface area contributed by atoms with Crippen molar-refractivity contribution >= 4 is 6.29 Å². The predicted molar refractivity (Wildman–Crippen MR) is 126 cm³/mol. The molecule has 2 aromatic carbocycles. The Labute approximate surface area is 196 Å². The second kappa shape index (κ2) is 10.7. The van der Waals surface area contributed by atoms with Gasteiger partial charge in [-0.15, -0.1) is 0 Å². The first-order chi connectivity index (χ1) is 16.1. The van der Waals surface area contributed by atoms with Gasteiger partial charge in [0.05, 0.1) is 19.3 Å². The lowest BCUT2D eigenvalue weighted by Crippen LogP contribution is -2.65. The Kier molecular flexibility index (Phi) is 7.76. The molecule has 2 aliphatic carbocycles. The highest BCUT2D eigenvalue weighted by atomic mass is 16.6. The number of aliphatic hydroxyl groups is 2. The van der Waals surface area contributed by atoms with Crippen LogP contribution in [0.2, 0.25) is 0 Å². The molecule has 2 aliphatic rings. The predicted octanol–water partition coefficient (Wildman–Crippen LogP) is 4.21. The van der Waals surface area contributed by atoms with Gasteiger partial charge in [-0.25, -0.2) is 0 Å². The Morgan fingerprint density at radius 1 is 1.00 bits per heavy atom. The fraction of sp³-hybridized carbons (Fsp3) is 0.464. The summed E-state index contributed by atoms with van der Waals surface area (Å²) in [5.74, 6) is -0.813. The molecule has 0 saturated heterocycles. The second-order valence-corrected chi connectivity index (χ2v) is 9.21. The van der Waals surface area contributed by atoms with Crippen molar-refractivity contribution in [3.05, 3.63) is 83.4 Å². The molecule has 0 aliphatic heterocycles. The molecule has 5 nitrogen and oxygen atoms in total. The number of allylic oxidation sites excluding steroid dienone is 1. The van der Waals surface area contributed by atoms with Gasteiger partial charge in [0.2, 0.25) is 0 Å². The highest BCUT2D eigenvalue weighted by Crippen LogP contribution is 2.49. The van der Waals surface area contributed by atoms with Crippen molar-refractivity contribution in [3.8, 4) is 0 Å². The molecule has 0 heterocycles. The molecular weight excluding hydrogens is 416 g/mol. The van der Waals surface area contributed by atoms with E-state index in [1.54, 1.807) is 0 Å². The van der Waals surface area contributed by atoms with E-state index in [1.165, 1.54) is 0 Å². The molecule has 0 amide bonds. The fourth-order valence-corrected chi connectivity index (χ4v) is 5.47. The normalized spacial score (nSPS) is 31.5. The van der Waals surface area contributed by atoms with E-state index < -0.39 is 29.8 Å². The van der Waals surface area contributed by atoms with Gasteiger partial charge < -0.3 is 24.5 Å². The van der Waals surface area contributed by atoms with E-state index in [-0.39, 0.29) is 12.5 Å². The van der Waals surface area contributed by atoms with Crippen molar-refractivity contribution in [1.82, 2.24) is 0 Å². The minimum Gasteiger partial charge on any atom is -0.390 e. The number of carbonyl (C=O) groups is 1. The smallest absolute Gasteiger partial charge is 0.123 e. The maximum Gasteiger partial charge on any atom is 0.123 e. The third-order valence-electron chi connectivity index (χ3n) is 7.02. The van der Waals surface area contributed by atoms with Gasteiger partial charge in [-0.05, 0) is 36.0 Å². The van der Waals surface area contributed by atoms with E-state index in [4.69, 9.17) is 9.47 Å². The summed E-state index contributed by atoms with van der Waals surface area (Å²) in [5, 5.41) is 23.6. The van der Waals surface area contributed by atoms with Crippen LogP contribution in [-0.2, 0) is 27.5 Å². The largest absolute Gasteiger partial charge is 0.390 e. The molecule has 4 rings (SSSR count). The van der Waals surface area contributed by atoms with Crippen molar-refractivity contribution in [3.63, 3.8) is 0 Å². The van der Waals surface area contributed by atoms with Crippen molar-refractivity contribution in [2.45, 2.75) is 69.7 Å². The average molecular weight is 451 g/mol. The van der Waals surface area contributed by atoms with E-state index in [0.717, 1.165) is 29.4 Å². The standard InChI is InChI=1S/C28H34O5/c1-2-16-28(31)23-15-9-14-22(17-29)24(23)25(30)26(32-18-20-10-5-3-6-11-20)27(28)33-19-21-12-7-4-8-13-21/h3-8,10-13,15,17,22,24-27,30-31H,2,9,14,16,18-19H2,1H3/t22-,24+,25+,26-,27+,28-/m0/s1. The molecule has 0 bridgehead atoms. The Bertz CT molecular complexity index is 928. The molecule has 0 radical (unpaired) electrons. The van der Waals surface area contributed by atoms with Crippen LogP contribution in [0.1, 0.15) is 43.7 Å². The van der Waals surface area contributed by atoms with E-state index >= 15 is 0 Å². The number of ether oxygens (including phenoxy) is 2. The van der Waals surface area contributed by atoms with E-state index in [9.17, 15) is 15.0 Å². The zero-order valence-electron chi connectivity index (χ0n) is 19.2. The molecule has 2 N–H and O–H groups in total. The van der Waals surface area contributed by atoms with Crippen molar-refractivity contribution in [2.24, 2.45) is 11.8 Å². The highest BCUT2D eigenvalue weighted by Gasteiger charge is 2.58. The molecular formula is C28H34O5. The molecule has 2 aromatic rings. The number of hydrogen-bond acceptors (Lipinski definition) is 5.